The topological polar surface area (TPSA) is 55.8 Å². The monoisotopic (exact) mass is 446 g/mol. The summed E-state index contributed by atoms with van der Waals surface area (Å²) in [5.41, 5.74) is 1.02. The summed E-state index contributed by atoms with van der Waals surface area (Å²) in [6, 6.07) is 5.94. The van der Waals surface area contributed by atoms with Crippen LogP contribution in [0.2, 0.25) is 0 Å². The van der Waals surface area contributed by atoms with Gasteiger partial charge in [0, 0.05) is 46.0 Å². The second kappa shape index (κ2) is 12.4. The van der Waals surface area contributed by atoms with Gasteiger partial charge in [0.1, 0.15) is 0 Å². The maximum Gasteiger partial charge on any atom is 0.191 e. The van der Waals surface area contributed by atoms with E-state index < -0.39 is 0 Å². The third-order valence-electron chi connectivity index (χ3n) is 4.18. The maximum atomic E-state index is 4.30. The molecule has 0 bridgehead atoms. The van der Waals surface area contributed by atoms with Gasteiger partial charge in [-0.3, -0.25) is 9.98 Å². The van der Waals surface area contributed by atoms with Gasteiger partial charge in [-0.25, -0.2) is 0 Å². The van der Waals surface area contributed by atoms with Crippen molar-refractivity contribution in [2.45, 2.75) is 19.4 Å². The summed E-state index contributed by atoms with van der Waals surface area (Å²) in [6.45, 7) is 7.66. The van der Waals surface area contributed by atoms with Crippen molar-refractivity contribution >= 4 is 29.9 Å². The van der Waals surface area contributed by atoms with Gasteiger partial charge in [-0.15, -0.1) is 24.0 Å². The zero-order valence-corrected chi connectivity index (χ0v) is 17.2. The summed E-state index contributed by atoms with van der Waals surface area (Å²) in [4.78, 5) is 13.5. The molecule has 2 N–H and O–H groups in total. The standard InChI is InChI=1S/C17H30N6.HI/c1-18-17(21-15-16-7-3-4-8-19-16)20-9-5-6-10-23-13-11-22(2)12-14-23;/h3-4,7-8H,5-6,9-15H2,1-2H3,(H2,18,20,21);1H. The number of hydrogen-bond acceptors (Lipinski definition) is 4. The largest absolute Gasteiger partial charge is 0.356 e. The van der Waals surface area contributed by atoms with Crippen LogP contribution in [0, 0.1) is 0 Å². The first-order valence-electron chi connectivity index (χ1n) is 8.53. The van der Waals surface area contributed by atoms with Crippen molar-refractivity contribution in [3.05, 3.63) is 30.1 Å². The fourth-order valence-corrected chi connectivity index (χ4v) is 2.64. The third kappa shape index (κ3) is 8.25. The van der Waals surface area contributed by atoms with E-state index in [4.69, 9.17) is 0 Å². The number of rotatable bonds is 7. The van der Waals surface area contributed by atoms with E-state index in [-0.39, 0.29) is 24.0 Å². The lowest BCUT2D eigenvalue weighted by molar-refractivity contribution is 0.152. The predicted molar refractivity (Wildman–Crippen MR) is 111 cm³/mol. The van der Waals surface area contributed by atoms with Crippen LogP contribution in [-0.2, 0) is 6.54 Å². The van der Waals surface area contributed by atoms with Crippen LogP contribution in [0.5, 0.6) is 0 Å². The average molecular weight is 446 g/mol. The normalized spacial score (nSPS) is 16.5. The van der Waals surface area contributed by atoms with E-state index in [2.05, 4.69) is 37.5 Å². The van der Waals surface area contributed by atoms with Crippen molar-refractivity contribution in [3.8, 4) is 0 Å². The Hall–Kier alpha value is -0.930. The first kappa shape index (κ1) is 21.1. The molecule has 0 spiro atoms. The number of nitrogens with one attached hydrogen (secondary N) is 2. The molecule has 1 aliphatic heterocycles. The van der Waals surface area contributed by atoms with E-state index in [0.29, 0.717) is 6.54 Å². The minimum atomic E-state index is 0. The molecular formula is C17H31IN6. The molecule has 6 nitrogen and oxygen atoms in total. The fourth-order valence-electron chi connectivity index (χ4n) is 2.64. The Bertz CT molecular complexity index is 459. The molecule has 0 radical (unpaired) electrons. The second-order valence-corrected chi connectivity index (χ2v) is 6.03. The molecule has 0 atom stereocenters. The molecule has 0 aromatic carbocycles. The molecule has 1 aromatic rings. The second-order valence-electron chi connectivity index (χ2n) is 6.03. The Balaban J connectivity index is 0.00000288. The highest BCUT2D eigenvalue weighted by Gasteiger charge is 2.12. The van der Waals surface area contributed by atoms with Crippen molar-refractivity contribution in [3.63, 3.8) is 0 Å². The number of aliphatic imine (C=N–C) groups is 1. The van der Waals surface area contributed by atoms with Crippen LogP contribution < -0.4 is 10.6 Å². The van der Waals surface area contributed by atoms with Gasteiger partial charge >= 0.3 is 0 Å². The van der Waals surface area contributed by atoms with Gasteiger partial charge in [-0.05, 0) is 38.6 Å². The van der Waals surface area contributed by atoms with Crippen LogP contribution in [-0.4, -0.2) is 74.1 Å². The van der Waals surface area contributed by atoms with Gasteiger partial charge in [0.25, 0.3) is 0 Å². The highest BCUT2D eigenvalue weighted by Crippen LogP contribution is 2.01. The Kier molecular flexibility index (Phi) is 10.9. The van der Waals surface area contributed by atoms with Crippen LogP contribution >= 0.6 is 24.0 Å². The van der Waals surface area contributed by atoms with E-state index in [1.807, 2.05) is 24.4 Å². The molecule has 24 heavy (non-hydrogen) atoms. The van der Waals surface area contributed by atoms with Crippen molar-refractivity contribution in [2.24, 2.45) is 4.99 Å². The zero-order valence-electron chi connectivity index (χ0n) is 14.9. The first-order chi connectivity index (χ1) is 11.3. The van der Waals surface area contributed by atoms with Gasteiger partial charge in [0.2, 0.25) is 0 Å². The number of halogens is 1. The van der Waals surface area contributed by atoms with Gasteiger partial charge in [0.05, 0.1) is 12.2 Å². The molecule has 1 fully saturated rings. The van der Waals surface area contributed by atoms with Crippen molar-refractivity contribution in [1.29, 1.82) is 0 Å². The van der Waals surface area contributed by atoms with E-state index in [9.17, 15) is 0 Å². The molecule has 2 rings (SSSR count). The number of hydrogen-bond donors (Lipinski definition) is 2. The van der Waals surface area contributed by atoms with E-state index in [1.165, 1.54) is 39.1 Å². The lowest BCUT2D eigenvalue weighted by Gasteiger charge is -2.32. The minimum absolute atomic E-state index is 0. The number of piperazine rings is 1. The van der Waals surface area contributed by atoms with Crippen LogP contribution in [0.15, 0.2) is 29.4 Å². The van der Waals surface area contributed by atoms with Crippen molar-refractivity contribution in [2.75, 3.05) is 53.4 Å². The summed E-state index contributed by atoms with van der Waals surface area (Å²) < 4.78 is 0. The third-order valence-corrected chi connectivity index (χ3v) is 4.18. The summed E-state index contributed by atoms with van der Waals surface area (Å²) in [6.07, 6.45) is 4.20. The lowest BCUT2D eigenvalue weighted by atomic mass is 10.2. The van der Waals surface area contributed by atoms with E-state index in [0.717, 1.165) is 24.6 Å². The molecule has 0 amide bonds. The summed E-state index contributed by atoms with van der Waals surface area (Å²) in [7, 11) is 4.00. The Morgan fingerprint density at radius 1 is 1.17 bits per heavy atom. The number of aromatic nitrogens is 1. The number of pyridine rings is 1. The molecular weight excluding hydrogens is 415 g/mol. The molecule has 2 heterocycles. The maximum absolute atomic E-state index is 4.30. The van der Waals surface area contributed by atoms with E-state index in [1.54, 1.807) is 7.05 Å². The molecule has 1 aliphatic rings. The first-order valence-corrected chi connectivity index (χ1v) is 8.53. The molecule has 1 saturated heterocycles. The smallest absolute Gasteiger partial charge is 0.191 e. The molecule has 0 saturated carbocycles. The van der Waals surface area contributed by atoms with Gasteiger partial charge in [0.15, 0.2) is 5.96 Å². The van der Waals surface area contributed by atoms with Crippen LogP contribution in [0.4, 0.5) is 0 Å². The quantitative estimate of drug-likeness (QED) is 0.287. The Morgan fingerprint density at radius 3 is 2.62 bits per heavy atom. The Morgan fingerprint density at radius 2 is 1.96 bits per heavy atom. The summed E-state index contributed by atoms with van der Waals surface area (Å²) in [5.74, 6) is 0.843. The average Bonchev–Trinajstić information content (AvgIpc) is 2.60. The van der Waals surface area contributed by atoms with Crippen LogP contribution in [0.3, 0.4) is 0 Å². The molecule has 136 valence electrons. The lowest BCUT2D eigenvalue weighted by Crippen LogP contribution is -2.44. The fraction of sp³-hybridized carbons (Fsp3) is 0.647. The summed E-state index contributed by atoms with van der Waals surface area (Å²) in [5, 5.41) is 6.66. The highest BCUT2D eigenvalue weighted by molar-refractivity contribution is 14.0. The Labute approximate surface area is 163 Å². The van der Waals surface area contributed by atoms with Crippen LogP contribution in [0.25, 0.3) is 0 Å². The molecule has 7 heteroatoms. The van der Waals surface area contributed by atoms with Crippen molar-refractivity contribution in [1.82, 2.24) is 25.4 Å². The van der Waals surface area contributed by atoms with E-state index >= 15 is 0 Å². The van der Waals surface area contributed by atoms with Crippen molar-refractivity contribution < 1.29 is 0 Å². The SMILES string of the molecule is CN=C(NCCCCN1CCN(C)CC1)NCc1ccccn1.I. The van der Waals surface area contributed by atoms with Crippen LogP contribution in [0.1, 0.15) is 18.5 Å². The number of unbranched alkanes of at least 4 members (excludes halogenated alkanes) is 1. The van der Waals surface area contributed by atoms with Gasteiger partial charge in [-0.2, -0.15) is 0 Å². The predicted octanol–water partition coefficient (Wildman–Crippen LogP) is 1.39. The number of guanidine groups is 1. The summed E-state index contributed by atoms with van der Waals surface area (Å²) >= 11 is 0. The van der Waals surface area contributed by atoms with Gasteiger partial charge in [-0.1, -0.05) is 6.07 Å². The zero-order chi connectivity index (χ0) is 16.3. The molecule has 0 aliphatic carbocycles. The number of nitrogens with zero attached hydrogens (tertiary/aromatic N) is 4. The minimum Gasteiger partial charge on any atom is -0.356 e. The number of likely N-dealkylation sites (N-methyl/N-ethyl adjacent to an activating group) is 1. The van der Waals surface area contributed by atoms with Gasteiger partial charge < -0.3 is 20.4 Å². The molecule has 1 aromatic heterocycles. The molecule has 0 unspecified atom stereocenters. The highest BCUT2D eigenvalue weighted by atomic mass is 127.